The van der Waals surface area contributed by atoms with Gasteiger partial charge in [-0.15, -0.1) is 0 Å². The minimum Gasteiger partial charge on any atom is -0.507 e. The number of benzene rings is 2. The number of esters is 1. The first-order valence-corrected chi connectivity index (χ1v) is 9.89. The fourth-order valence-corrected chi connectivity index (χ4v) is 3.78. The molecular formula is C22H21NO6S. The fourth-order valence-electron chi connectivity index (χ4n) is 2.76. The number of nitrogens with zero attached hydrogens (tertiary/aromatic N) is 1. The summed E-state index contributed by atoms with van der Waals surface area (Å²) in [5.74, 6) is -0.280. The van der Waals surface area contributed by atoms with Crippen molar-refractivity contribution in [2.75, 3.05) is 20.8 Å². The number of carbonyl (C=O) groups is 1. The second-order valence-electron chi connectivity index (χ2n) is 6.07. The minimum atomic E-state index is -0.675. The summed E-state index contributed by atoms with van der Waals surface area (Å²) >= 11 is 1.10. The van der Waals surface area contributed by atoms with E-state index in [0.717, 1.165) is 11.8 Å². The van der Waals surface area contributed by atoms with Crippen molar-refractivity contribution in [3.63, 3.8) is 0 Å². The number of methoxy groups -OCH3 is 2. The highest BCUT2D eigenvalue weighted by atomic mass is 32.2. The number of phenolic OH excluding ortho intramolecular Hbond substituents is 1. The number of aliphatic hydroxyl groups excluding tert-OH is 1. The van der Waals surface area contributed by atoms with Gasteiger partial charge in [0.05, 0.1) is 37.0 Å². The van der Waals surface area contributed by atoms with Crippen LogP contribution in [-0.4, -0.2) is 42.1 Å². The molecule has 8 heteroatoms. The van der Waals surface area contributed by atoms with E-state index in [1.54, 1.807) is 25.1 Å². The maximum absolute atomic E-state index is 12.5. The standard InChI is InChI=1S/C22H21NO6S/c1-4-29-22(26)19-20(25)18(30-21(19)23-13-8-6-5-7-9-13)12-15-16(24)10-14(27-2)11-17(15)28-3/h5-12,24-25H,4H2,1-3H3/b18-12+,23-21?. The Kier molecular flexibility index (Phi) is 6.68. The van der Waals surface area contributed by atoms with Gasteiger partial charge < -0.3 is 24.4 Å². The van der Waals surface area contributed by atoms with Crippen molar-refractivity contribution in [1.82, 2.24) is 0 Å². The van der Waals surface area contributed by atoms with E-state index in [1.165, 1.54) is 26.4 Å². The third-order valence-corrected chi connectivity index (χ3v) is 5.20. The SMILES string of the molecule is CCOC(=O)C1=C(O)/C(=C\c2c(O)cc(OC)cc2OC)SC1=Nc1ccccc1. The molecule has 0 aromatic heterocycles. The lowest BCUT2D eigenvalue weighted by atomic mass is 10.1. The van der Waals surface area contributed by atoms with Crippen molar-refractivity contribution in [3.05, 3.63) is 64.3 Å². The number of ether oxygens (including phenoxy) is 3. The molecule has 0 saturated carbocycles. The van der Waals surface area contributed by atoms with E-state index in [2.05, 4.69) is 4.99 Å². The highest BCUT2D eigenvalue weighted by molar-refractivity contribution is 8.18. The summed E-state index contributed by atoms with van der Waals surface area (Å²) < 4.78 is 15.6. The largest absolute Gasteiger partial charge is 0.507 e. The molecule has 0 spiro atoms. The van der Waals surface area contributed by atoms with Gasteiger partial charge in [0, 0.05) is 12.1 Å². The first kappa shape index (κ1) is 21.3. The predicted octanol–water partition coefficient (Wildman–Crippen LogP) is 4.60. The Bertz CT molecular complexity index is 1040. The van der Waals surface area contributed by atoms with Crippen LogP contribution in [0.15, 0.2) is 63.7 Å². The first-order chi connectivity index (χ1) is 14.5. The first-order valence-electron chi connectivity index (χ1n) is 9.07. The number of aliphatic imine (C=N–C) groups is 1. The fraction of sp³-hybridized carbons (Fsp3) is 0.182. The van der Waals surface area contributed by atoms with E-state index in [9.17, 15) is 15.0 Å². The molecule has 1 heterocycles. The second kappa shape index (κ2) is 9.41. The normalized spacial score (nSPS) is 16.2. The van der Waals surface area contributed by atoms with Crippen LogP contribution in [0.25, 0.3) is 6.08 Å². The second-order valence-corrected chi connectivity index (χ2v) is 7.10. The van der Waals surface area contributed by atoms with Crippen molar-refractivity contribution in [2.45, 2.75) is 6.92 Å². The maximum Gasteiger partial charge on any atom is 0.344 e. The Balaban J connectivity index is 2.11. The van der Waals surface area contributed by atoms with Crippen LogP contribution in [0.3, 0.4) is 0 Å². The predicted molar refractivity (Wildman–Crippen MR) is 117 cm³/mol. The van der Waals surface area contributed by atoms with Crippen LogP contribution in [0, 0.1) is 0 Å². The molecule has 1 aliphatic heterocycles. The number of hydrogen-bond acceptors (Lipinski definition) is 8. The molecule has 0 atom stereocenters. The topological polar surface area (TPSA) is 97.6 Å². The Hall–Kier alpha value is -3.39. The third-order valence-electron chi connectivity index (χ3n) is 4.18. The van der Waals surface area contributed by atoms with Gasteiger partial charge in [0.1, 0.15) is 33.6 Å². The summed E-state index contributed by atoms with van der Waals surface area (Å²) in [6.45, 7) is 1.84. The van der Waals surface area contributed by atoms with Crippen molar-refractivity contribution < 1.29 is 29.2 Å². The van der Waals surface area contributed by atoms with E-state index >= 15 is 0 Å². The van der Waals surface area contributed by atoms with Crippen molar-refractivity contribution in [3.8, 4) is 17.2 Å². The quantitative estimate of drug-likeness (QED) is 0.650. The summed E-state index contributed by atoms with van der Waals surface area (Å²) in [5.41, 5.74) is 0.932. The number of hydrogen-bond donors (Lipinski definition) is 2. The summed E-state index contributed by atoms with van der Waals surface area (Å²) in [6.07, 6.45) is 1.53. The minimum absolute atomic E-state index is 0.0241. The van der Waals surface area contributed by atoms with Gasteiger partial charge in [-0.25, -0.2) is 9.79 Å². The smallest absolute Gasteiger partial charge is 0.344 e. The van der Waals surface area contributed by atoms with Gasteiger partial charge in [-0.05, 0) is 25.1 Å². The van der Waals surface area contributed by atoms with E-state index in [4.69, 9.17) is 14.2 Å². The Labute approximate surface area is 178 Å². The van der Waals surface area contributed by atoms with Gasteiger partial charge in [0.2, 0.25) is 0 Å². The van der Waals surface area contributed by atoms with Crippen LogP contribution in [0.1, 0.15) is 12.5 Å². The number of aromatic hydroxyl groups is 1. The molecule has 0 bridgehead atoms. The molecule has 0 fully saturated rings. The van der Waals surface area contributed by atoms with Gasteiger partial charge >= 0.3 is 5.97 Å². The zero-order valence-corrected chi connectivity index (χ0v) is 17.5. The van der Waals surface area contributed by atoms with E-state index in [1.807, 2.05) is 18.2 Å². The average molecular weight is 427 g/mol. The number of carbonyl (C=O) groups excluding carboxylic acids is 1. The third kappa shape index (κ3) is 4.44. The number of thioether (sulfide) groups is 1. The van der Waals surface area contributed by atoms with Crippen molar-refractivity contribution in [2.24, 2.45) is 4.99 Å². The molecule has 1 aliphatic rings. The summed E-state index contributed by atoms with van der Waals surface area (Å²) in [4.78, 5) is 17.3. The Morgan fingerprint density at radius 1 is 1.13 bits per heavy atom. The molecule has 7 nitrogen and oxygen atoms in total. The lowest BCUT2D eigenvalue weighted by Crippen LogP contribution is -2.12. The van der Waals surface area contributed by atoms with E-state index in [-0.39, 0.29) is 23.7 Å². The van der Waals surface area contributed by atoms with Crippen molar-refractivity contribution >= 4 is 34.5 Å². The van der Waals surface area contributed by atoms with Gasteiger partial charge in [0.25, 0.3) is 0 Å². The average Bonchev–Trinajstić information content (AvgIpc) is 3.04. The number of rotatable bonds is 6. The number of phenols is 1. The van der Waals surface area contributed by atoms with Gasteiger partial charge in [-0.2, -0.15) is 0 Å². The Morgan fingerprint density at radius 2 is 1.87 bits per heavy atom. The van der Waals surface area contributed by atoms with Gasteiger partial charge in [0.15, 0.2) is 0 Å². The van der Waals surface area contributed by atoms with Crippen LogP contribution in [0.2, 0.25) is 0 Å². The molecule has 0 radical (unpaired) electrons. The van der Waals surface area contributed by atoms with Gasteiger partial charge in [-0.3, -0.25) is 0 Å². The van der Waals surface area contributed by atoms with Crippen LogP contribution < -0.4 is 9.47 Å². The van der Waals surface area contributed by atoms with Crippen molar-refractivity contribution in [1.29, 1.82) is 0 Å². The maximum atomic E-state index is 12.5. The molecule has 0 unspecified atom stereocenters. The van der Waals surface area contributed by atoms with E-state index < -0.39 is 5.97 Å². The van der Waals surface area contributed by atoms with Crippen LogP contribution >= 0.6 is 11.8 Å². The summed E-state index contributed by atoms with van der Waals surface area (Å²) in [6, 6.07) is 12.1. The highest BCUT2D eigenvalue weighted by Crippen LogP contribution is 2.43. The van der Waals surface area contributed by atoms with Crippen LogP contribution in [0.5, 0.6) is 17.2 Å². The molecule has 2 aromatic carbocycles. The zero-order valence-electron chi connectivity index (χ0n) is 16.7. The lowest BCUT2D eigenvalue weighted by Gasteiger charge is -2.10. The lowest BCUT2D eigenvalue weighted by molar-refractivity contribution is -0.138. The number of para-hydroxylation sites is 1. The Morgan fingerprint density at radius 3 is 2.50 bits per heavy atom. The number of aliphatic hydroxyl groups is 1. The monoisotopic (exact) mass is 427 g/mol. The molecule has 156 valence electrons. The summed E-state index contributed by atoms with van der Waals surface area (Å²) in [7, 11) is 2.94. The molecule has 2 aromatic rings. The molecule has 3 rings (SSSR count). The highest BCUT2D eigenvalue weighted by Gasteiger charge is 2.33. The summed E-state index contributed by atoms with van der Waals surface area (Å²) in [5, 5.41) is 21.5. The van der Waals surface area contributed by atoms with E-state index in [0.29, 0.717) is 32.7 Å². The molecular weight excluding hydrogens is 406 g/mol. The van der Waals surface area contributed by atoms with Crippen LogP contribution in [-0.2, 0) is 9.53 Å². The molecule has 2 N–H and O–H groups in total. The van der Waals surface area contributed by atoms with Crippen LogP contribution in [0.4, 0.5) is 5.69 Å². The molecule has 0 saturated heterocycles. The van der Waals surface area contributed by atoms with Gasteiger partial charge in [-0.1, -0.05) is 30.0 Å². The molecule has 0 aliphatic carbocycles. The zero-order chi connectivity index (χ0) is 21.7. The molecule has 0 amide bonds. The molecule has 30 heavy (non-hydrogen) atoms.